The number of carbonyl (C=O) groups is 2. The van der Waals surface area contributed by atoms with Gasteiger partial charge in [0.25, 0.3) is 5.91 Å². The van der Waals surface area contributed by atoms with E-state index in [1.165, 1.54) is 37.6 Å². The summed E-state index contributed by atoms with van der Waals surface area (Å²) in [7, 11) is 0. The van der Waals surface area contributed by atoms with Crippen LogP contribution in [0.15, 0.2) is 24.3 Å². The number of halogens is 2. The van der Waals surface area contributed by atoms with Crippen molar-refractivity contribution in [2.24, 2.45) is 5.92 Å². The molecule has 1 aliphatic rings. The average Bonchev–Trinajstić information content (AvgIpc) is 2.56. The molecule has 0 spiro atoms. The van der Waals surface area contributed by atoms with Gasteiger partial charge in [-0.15, -0.1) is 0 Å². The first kappa shape index (κ1) is 19.1. The Hall–Kier alpha value is -2.18. The van der Waals surface area contributed by atoms with Gasteiger partial charge in [-0.25, -0.2) is 4.79 Å². The van der Waals surface area contributed by atoms with Crippen LogP contribution in [0.5, 0.6) is 5.75 Å². The number of hydrogen-bond donors (Lipinski definition) is 1. The van der Waals surface area contributed by atoms with E-state index in [1.54, 1.807) is 0 Å². The normalized spacial score (nSPS) is 21.5. The van der Waals surface area contributed by atoms with Crippen LogP contribution in [0.1, 0.15) is 49.9 Å². The van der Waals surface area contributed by atoms with Gasteiger partial charge in [-0.3, -0.25) is 4.79 Å². The third-order valence-electron chi connectivity index (χ3n) is 4.41. The SMILES string of the molecule is C[C@@H]1CCCC[C@@H]1NC(=O)[C@@H](C)OC(=O)c1ccc(OC(F)F)cc1. The Labute approximate surface area is 145 Å². The zero-order chi connectivity index (χ0) is 18.4. The highest BCUT2D eigenvalue weighted by molar-refractivity contribution is 5.92. The molecule has 0 heterocycles. The number of rotatable bonds is 6. The summed E-state index contributed by atoms with van der Waals surface area (Å²) in [4.78, 5) is 24.3. The van der Waals surface area contributed by atoms with Crippen LogP contribution in [0.25, 0.3) is 0 Å². The van der Waals surface area contributed by atoms with Crippen molar-refractivity contribution in [3.05, 3.63) is 29.8 Å². The van der Waals surface area contributed by atoms with Crippen LogP contribution in [-0.2, 0) is 9.53 Å². The van der Waals surface area contributed by atoms with Gasteiger partial charge in [-0.1, -0.05) is 19.8 Å². The lowest BCUT2D eigenvalue weighted by atomic mass is 9.86. The van der Waals surface area contributed by atoms with Gasteiger partial charge in [0.05, 0.1) is 5.56 Å². The summed E-state index contributed by atoms with van der Waals surface area (Å²) >= 11 is 0. The topological polar surface area (TPSA) is 64.6 Å². The highest BCUT2D eigenvalue weighted by Gasteiger charge is 2.26. The van der Waals surface area contributed by atoms with Gasteiger partial charge in [-0.05, 0) is 49.9 Å². The van der Waals surface area contributed by atoms with E-state index in [9.17, 15) is 18.4 Å². The molecule has 1 amide bonds. The first-order valence-corrected chi connectivity index (χ1v) is 8.43. The van der Waals surface area contributed by atoms with Crippen molar-refractivity contribution in [3.8, 4) is 5.75 Å². The molecular weight excluding hydrogens is 332 g/mol. The maximum atomic E-state index is 12.2. The number of nitrogens with one attached hydrogen (secondary N) is 1. The largest absolute Gasteiger partial charge is 0.449 e. The molecule has 1 saturated carbocycles. The molecule has 1 N–H and O–H groups in total. The Bertz CT molecular complexity index is 591. The van der Waals surface area contributed by atoms with E-state index < -0.39 is 18.7 Å². The number of amides is 1. The summed E-state index contributed by atoms with van der Waals surface area (Å²) in [6.07, 6.45) is 3.32. The number of hydrogen-bond acceptors (Lipinski definition) is 4. The maximum absolute atomic E-state index is 12.2. The molecule has 0 aliphatic heterocycles. The van der Waals surface area contributed by atoms with Crippen molar-refractivity contribution < 1.29 is 27.8 Å². The molecule has 0 unspecified atom stereocenters. The molecule has 138 valence electrons. The summed E-state index contributed by atoms with van der Waals surface area (Å²) < 4.78 is 33.6. The Morgan fingerprint density at radius 1 is 1.16 bits per heavy atom. The number of alkyl halides is 2. The zero-order valence-electron chi connectivity index (χ0n) is 14.3. The van der Waals surface area contributed by atoms with Crippen LogP contribution in [0.3, 0.4) is 0 Å². The number of esters is 1. The van der Waals surface area contributed by atoms with E-state index in [-0.39, 0.29) is 23.3 Å². The predicted octanol–water partition coefficient (Wildman–Crippen LogP) is 3.53. The quantitative estimate of drug-likeness (QED) is 0.793. The van der Waals surface area contributed by atoms with Crippen molar-refractivity contribution >= 4 is 11.9 Å². The van der Waals surface area contributed by atoms with Crippen molar-refractivity contribution in [3.63, 3.8) is 0 Å². The van der Waals surface area contributed by atoms with Gasteiger partial charge in [-0.2, -0.15) is 8.78 Å². The van der Waals surface area contributed by atoms with Crippen LogP contribution in [0, 0.1) is 5.92 Å². The lowest BCUT2D eigenvalue weighted by molar-refractivity contribution is -0.130. The van der Waals surface area contributed by atoms with E-state index in [0.717, 1.165) is 19.3 Å². The van der Waals surface area contributed by atoms with Gasteiger partial charge in [0, 0.05) is 6.04 Å². The standard InChI is InChI=1S/C18H23F2NO4/c1-11-5-3-4-6-15(11)21-16(22)12(2)24-17(23)13-7-9-14(10-8-13)25-18(19)20/h7-12,15,18H,3-6H2,1-2H3,(H,21,22)/t11-,12-,15+/m1/s1. The second-order valence-electron chi connectivity index (χ2n) is 6.33. The Morgan fingerprint density at radius 2 is 1.80 bits per heavy atom. The lowest BCUT2D eigenvalue weighted by Gasteiger charge is -2.30. The minimum absolute atomic E-state index is 0.0522. The molecule has 3 atom stereocenters. The molecular formula is C18H23F2NO4. The van der Waals surface area contributed by atoms with Gasteiger partial charge < -0.3 is 14.8 Å². The molecule has 0 saturated heterocycles. The monoisotopic (exact) mass is 355 g/mol. The van der Waals surface area contributed by atoms with Crippen LogP contribution in [-0.4, -0.2) is 30.6 Å². The van der Waals surface area contributed by atoms with Crippen LogP contribution >= 0.6 is 0 Å². The highest BCUT2D eigenvalue weighted by Crippen LogP contribution is 2.24. The molecule has 1 aromatic rings. The summed E-state index contributed by atoms with van der Waals surface area (Å²) in [6.45, 7) is 0.683. The van der Waals surface area contributed by atoms with Crippen LogP contribution < -0.4 is 10.1 Å². The zero-order valence-corrected chi connectivity index (χ0v) is 14.3. The van der Waals surface area contributed by atoms with Gasteiger partial charge >= 0.3 is 12.6 Å². The van der Waals surface area contributed by atoms with Crippen LogP contribution in [0.4, 0.5) is 8.78 Å². The lowest BCUT2D eigenvalue weighted by Crippen LogP contribution is -2.45. The van der Waals surface area contributed by atoms with Crippen molar-refractivity contribution in [2.45, 2.75) is 58.3 Å². The third-order valence-corrected chi connectivity index (χ3v) is 4.41. The Kier molecular flexibility index (Phi) is 6.73. The first-order valence-electron chi connectivity index (χ1n) is 8.43. The van der Waals surface area contributed by atoms with E-state index in [4.69, 9.17) is 4.74 Å². The van der Waals surface area contributed by atoms with Crippen molar-refractivity contribution in [1.29, 1.82) is 0 Å². The first-order chi connectivity index (χ1) is 11.9. The van der Waals surface area contributed by atoms with Crippen molar-refractivity contribution in [2.75, 3.05) is 0 Å². The van der Waals surface area contributed by atoms with E-state index in [2.05, 4.69) is 17.0 Å². The summed E-state index contributed by atoms with van der Waals surface area (Å²) in [5.74, 6) is -0.667. The molecule has 1 fully saturated rings. The van der Waals surface area contributed by atoms with Gasteiger partial charge in [0.15, 0.2) is 6.10 Å². The Balaban J connectivity index is 1.87. The Morgan fingerprint density at radius 3 is 2.40 bits per heavy atom. The summed E-state index contributed by atoms with van der Waals surface area (Å²) in [6, 6.07) is 5.23. The molecule has 2 rings (SSSR count). The van der Waals surface area contributed by atoms with E-state index in [0.29, 0.717) is 5.92 Å². The van der Waals surface area contributed by atoms with Gasteiger partial charge in [0.2, 0.25) is 0 Å². The minimum atomic E-state index is -2.93. The molecule has 5 nitrogen and oxygen atoms in total. The molecule has 7 heteroatoms. The number of benzene rings is 1. The fourth-order valence-electron chi connectivity index (χ4n) is 2.89. The fraction of sp³-hybridized carbons (Fsp3) is 0.556. The van der Waals surface area contributed by atoms with Crippen molar-refractivity contribution in [1.82, 2.24) is 5.32 Å². The molecule has 0 radical (unpaired) electrons. The molecule has 0 bridgehead atoms. The minimum Gasteiger partial charge on any atom is -0.449 e. The fourth-order valence-corrected chi connectivity index (χ4v) is 2.89. The molecule has 25 heavy (non-hydrogen) atoms. The third kappa shape index (κ3) is 5.69. The maximum Gasteiger partial charge on any atom is 0.387 e. The highest BCUT2D eigenvalue weighted by atomic mass is 19.3. The van der Waals surface area contributed by atoms with Crippen LogP contribution in [0.2, 0.25) is 0 Å². The van der Waals surface area contributed by atoms with E-state index in [1.807, 2.05) is 0 Å². The second kappa shape index (κ2) is 8.78. The second-order valence-corrected chi connectivity index (χ2v) is 6.33. The van der Waals surface area contributed by atoms with Gasteiger partial charge in [0.1, 0.15) is 5.75 Å². The number of ether oxygens (including phenoxy) is 2. The molecule has 1 aliphatic carbocycles. The predicted molar refractivity (Wildman–Crippen MR) is 87.5 cm³/mol. The molecule has 1 aromatic carbocycles. The summed E-state index contributed by atoms with van der Waals surface area (Å²) in [5, 5.41) is 2.94. The summed E-state index contributed by atoms with van der Waals surface area (Å²) in [5.41, 5.74) is 0.160. The smallest absolute Gasteiger partial charge is 0.387 e. The van der Waals surface area contributed by atoms with E-state index >= 15 is 0 Å². The number of carbonyl (C=O) groups excluding carboxylic acids is 2. The average molecular weight is 355 g/mol. The molecule has 0 aromatic heterocycles.